The van der Waals surface area contributed by atoms with E-state index < -0.39 is 11.9 Å². The topological polar surface area (TPSA) is 124 Å². The summed E-state index contributed by atoms with van der Waals surface area (Å²) in [6.07, 6.45) is 2.31. The number of hydrogen-bond acceptors (Lipinski definition) is 5. The van der Waals surface area contributed by atoms with E-state index in [0.29, 0.717) is 29.1 Å². The molecule has 1 aromatic heterocycles. The molecule has 7 nitrogen and oxygen atoms in total. The highest BCUT2D eigenvalue weighted by molar-refractivity contribution is 6.06. The molecule has 1 amide bonds. The third-order valence-corrected chi connectivity index (χ3v) is 3.04. The van der Waals surface area contributed by atoms with E-state index in [1.165, 1.54) is 0 Å². The molecule has 5 N–H and O–H groups in total. The molecule has 0 fully saturated rings. The molecule has 1 aromatic rings. The maximum atomic E-state index is 11.9. The highest BCUT2D eigenvalue weighted by atomic mass is 16.4. The summed E-state index contributed by atoms with van der Waals surface area (Å²) in [5.74, 6) is -0.854. The molecule has 7 heteroatoms. The van der Waals surface area contributed by atoms with Gasteiger partial charge in [0.15, 0.2) is 5.96 Å². The number of rotatable bonds is 1. The minimum Gasteiger partial charge on any atom is -0.411 e. The number of nitrogens with two attached hydrogens (primary N) is 1. The Morgan fingerprint density at radius 3 is 2.95 bits per heavy atom. The van der Waals surface area contributed by atoms with E-state index in [0.717, 1.165) is 18.4 Å². The van der Waals surface area contributed by atoms with E-state index in [1.807, 2.05) is 0 Å². The Kier molecular flexibility index (Phi) is 3.46. The second kappa shape index (κ2) is 5.05. The highest BCUT2D eigenvalue weighted by Gasteiger charge is 2.21. The Labute approximate surface area is 110 Å². The smallest absolute Gasteiger partial charge is 0.259 e. The fourth-order valence-corrected chi connectivity index (χ4v) is 2.17. The van der Waals surface area contributed by atoms with Crippen molar-refractivity contribution in [2.75, 3.05) is 0 Å². The molecule has 0 bridgehead atoms. The van der Waals surface area contributed by atoms with Crippen molar-refractivity contribution < 1.29 is 10.0 Å². The molecule has 2 rings (SSSR count). The number of oxime groups is 1. The molecule has 0 saturated carbocycles. The van der Waals surface area contributed by atoms with E-state index in [4.69, 9.17) is 16.4 Å². The zero-order chi connectivity index (χ0) is 14.0. The van der Waals surface area contributed by atoms with Crippen LogP contribution < -0.4 is 11.1 Å². The molecule has 0 saturated heterocycles. The normalized spacial score (nSPS) is 15.9. The van der Waals surface area contributed by atoms with Crippen molar-refractivity contribution in [3.8, 4) is 0 Å². The summed E-state index contributed by atoms with van der Waals surface area (Å²) in [6, 6.07) is 1.72. The summed E-state index contributed by atoms with van der Waals surface area (Å²) < 4.78 is 0. The van der Waals surface area contributed by atoms with Gasteiger partial charge in [0.25, 0.3) is 5.91 Å². The molecule has 1 aliphatic carbocycles. The second-order valence-electron chi connectivity index (χ2n) is 4.40. The summed E-state index contributed by atoms with van der Waals surface area (Å²) in [5, 5.41) is 21.5. The van der Waals surface area contributed by atoms with E-state index >= 15 is 0 Å². The Morgan fingerprint density at radius 1 is 1.58 bits per heavy atom. The summed E-state index contributed by atoms with van der Waals surface area (Å²) in [5.41, 5.74) is 8.10. The number of aromatic nitrogens is 1. The van der Waals surface area contributed by atoms with Gasteiger partial charge in [-0.15, -0.1) is 0 Å². The monoisotopic (exact) mass is 261 g/mol. The second-order valence-corrected chi connectivity index (χ2v) is 4.40. The molecule has 0 radical (unpaired) electrons. The van der Waals surface area contributed by atoms with Gasteiger partial charge in [-0.1, -0.05) is 5.16 Å². The predicted octanol–water partition coefficient (Wildman–Crippen LogP) is 0.528. The van der Waals surface area contributed by atoms with Crippen LogP contribution in [0.2, 0.25) is 0 Å². The number of fused-ring (bicyclic) bond motifs is 1. The first-order chi connectivity index (χ1) is 9.02. The number of aryl methyl sites for hydroxylation is 2. The molecule has 1 heterocycles. The van der Waals surface area contributed by atoms with Crippen LogP contribution in [0.25, 0.3) is 0 Å². The number of hydrogen-bond donors (Lipinski definition) is 4. The Balaban J connectivity index is 2.44. The first-order valence-electron chi connectivity index (χ1n) is 5.90. The van der Waals surface area contributed by atoms with E-state index in [9.17, 15) is 4.79 Å². The number of nitrogens with one attached hydrogen (secondary N) is 2. The average Bonchev–Trinajstić information content (AvgIpc) is 2.36. The lowest BCUT2D eigenvalue weighted by Crippen LogP contribution is -2.36. The molecular formula is C12H15N5O2. The van der Waals surface area contributed by atoms with E-state index in [2.05, 4.69) is 15.5 Å². The summed E-state index contributed by atoms with van der Waals surface area (Å²) in [7, 11) is 0. The summed E-state index contributed by atoms with van der Waals surface area (Å²) in [6.45, 7) is 1.69. The van der Waals surface area contributed by atoms with Crippen molar-refractivity contribution in [2.24, 2.45) is 10.9 Å². The van der Waals surface area contributed by atoms with Crippen LogP contribution >= 0.6 is 0 Å². The third kappa shape index (κ3) is 2.54. The van der Waals surface area contributed by atoms with Crippen LogP contribution in [0.5, 0.6) is 0 Å². The van der Waals surface area contributed by atoms with Gasteiger partial charge in [-0.05, 0) is 37.8 Å². The number of amides is 1. The largest absolute Gasteiger partial charge is 0.411 e. The standard InChI is InChI=1S/C12H15N5O2/c1-6-8(11(18)16-12(13)14)5-7-3-2-4-9(17-19)10(7)15-6/h5,19H,2-4H2,1H3,(H4,13,14,16,18)/b17-9+. The van der Waals surface area contributed by atoms with Gasteiger partial charge in [0.1, 0.15) is 5.71 Å². The maximum Gasteiger partial charge on any atom is 0.259 e. The zero-order valence-corrected chi connectivity index (χ0v) is 10.5. The van der Waals surface area contributed by atoms with E-state index in [-0.39, 0.29) is 0 Å². The van der Waals surface area contributed by atoms with Crippen LogP contribution in [-0.4, -0.2) is 27.8 Å². The van der Waals surface area contributed by atoms with Gasteiger partial charge in [0, 0.05) is 0 Å². The molecule has 0 atom stereocenters. The van der Waals surface area contributed by atoms with Gasteiger partial charge in [-0.2, -0.15) is 0 Å². The lowest BCUT2D eigenvalue weighted by atomic mass is 9.92. The van der Waals surface area contributed by atoms with Gasteiger partial charge >= 0.3 is 0 Å². The minimum absolute atomic E-state index is 0.383. The summed E-state index contributed by atoms with van der Waals surface area (Å²) >= 11 is 0. The van der Waals surface area contributed by atoms with Crippen LogP contribution in [-0.2, 0) is 6.42 Å². The molecule has 0 aromatic carbocycles. The lowest BCUT2D eigenvalue weighted by molar-refractivity contribution is 0.0975. The third-order valence-electron chi connectivity index (χ3n) is 3.04. The molecule has 0 spiro atoms. The van der Waals surface area contributed by atoms with Crippen molar-refractivity contribution in [3.05, 3.63) is 28.6 Å². The Morgan fingerprint density at radius 2 is 2.32 bits per heavy atom. The van der Waals surface area contributed by atoms with Crippen LogP contribution in [0.4, 0.5) is 0 Å². The number of pyridine rings is 1. The van der Waals surface area contributed by atoms with E-state index in [1.54, 1.807) is 13.0 Å². The molecule has 100 valence electrons. The molecule has 1 aliphatic rings. The highest BCUT2D eigenvalue weighted by Crippen LogP contribution is 2.22. The van der Waals surface area contributed by atoms with Gasteiger partial charge < -0.3 is 10.9 Å². The molecule has 0 aliphatic heterocycles. The van der Waals surface area contributed by atoms with Gasteiger partial charge in [-0.25, -0.2) is 0 Å². The Bertz CT molecular complexity index is 580. The first-order valence-corrected chi connectivity index (χ1v) is 5.90. The van der Waals surface area contributed by atoms with Crippen LogP contribution in [0, 0.1) is 12.3 Å². The number of guanidine groups is 1. The predicted molar refractivity (Wildman–Crippen MR) is 69.6 cm³/mol. The van der Waals surface area contributed by atoms with Crippen molar-refractivity contribution in [1.29, 1.82) is 5.41 Å². The average molecular weight is 261 g/mol. The van der Waals surface area contributed by atoms with Gasteiger partial charge in [-0.3, -0.25) is 20.5 Å². The van der Waals surface area contributed by atoms with Crippen molar-refractivity contribution >= 4 is 17.6 Å². The van der Waals surface area contributed by atoms with Gasteiger partial charge in [0.2, 0.25) is 0 Å². The quantitative estimate of drug-likeness (QED) is 0.254. The van der Waals surface area contributed by atoms with Crippen LogP contribution in [0.1, 0.15) is 40.2 Å². The maximum absolute atomic E-state index is 11.9. The molecule has 19 heavy (non-hydrogen) atoms. The Hall–Kier alpha value is -2.44. The number of nitrogens with zero attached hydrogens (tertiary/aromatic N) is 2. The SMILES string of the molecule is Cc1nc2c(cc1C(=O)NC(=N)N)CCC/C2=N\O. The number of carbonyl (C=O) groups excluding carboxylic acids is 1. The minimum atomic E-state index is -0.451. The fraction of sp³-hybridized carbons (Fsp3) is 0.333. The van der Waals surface area contributed by atoms with Gasteiger partial charge in [0.05, 0.1) is 17.0 Å². The van der Waals surface area contributed by atoms with Crippen molar-refractivity contribution in [3.63, 3.8) is 0 Å². The fourth-order valence-electron chi connectivity index (χ4n) is 2.17. The number of carbonyl (C=O) groups is 1. The molecule has 0 unspecified atom stereocenters. The van der Waals surface area contributed by atoms with Crippen LogP contribution in [0.3, 0.4) is 0 Å². The van der Waals surface area contributed by atoms with Crippen LogP contribution in [0.15, 0.2) is 11.2 Å². The lowest BCUT2D eigenvalue weighted by Gasteiger charge is -2.18. The zero-order valence-electron chi connectivity index (χ0n) is 10.5. The first kappa shape index (κ1) is 13.0. The molecular weight excluding hydrogens is 246 g/mol. The summed E-state index contributed by atoms with van der Waals surface area (Å²) in [4.78, 5) is 16.2. The van der Waals surface area contributed by atoms with Crippen molar-refractivity contribution in [2.45, 2.75) is 26.2 Å². The van der Waals surface area contributed by atoms with Crippen molar-refractivity contribution in [1.82, 2.24) is 10.3 Å².